The molecule has 0 fully saturated rings. The highest BCUT2D eigenvalue weighted by molar-refractivity contribution is 6.75. The van der Waals surface area contributed by atoms with E-state index in [1.807, 2.05) is 6.07 Å². The van der Waals surface area contributed by atoms with Crippen molar-refractivity contribution >= 4 is 8.07 Å². The molecule has 0 unspecified atom stereocenters. The van der Waals surface area contributed by atoms with Crippen LogP contribution in [0.3, 0.4) is 0 Å². The SMILES string of the molecule is CCCc1nc(-c2ccccc2)c(C[Si](C)(C)C)o1. The zero-order valence-electron chi connectivity index (χ0n) is 12.4. The summed E-state index contributed by atoms with van der Waals surface area (Å²) in [5.41, 5.74) is 2.22. The lowest BCUT2D eigenvalue weighted by Gasteiger charge is -2.14. The average molecular weight is 273 g/mol. The Kier molecular flexibility index (Phi) is 4.25. The van der Waals surface area contributed by atoms with Gasteiger partial charge >= 0.3 is 0 Å². The van der Waals surface area contributed by atoms with Crippen molar-refractivity contribution in [3.63, 3.8) is 0 Å². The third-order valence-electron chi connectivity index (χ3n) is 2.94. The summed E-state index contributed by atoms with van der Waals surface area (Å²) in [4.78, 5) is 4.71. The lowest BCUT2D eigenvalue weighted by atomic mass is 10.1. The predicted molar refractivity (Wildman–Crippen MR) is 83.0 cm³/mol. The molecule has 0 spiro atoms. The average Bonchev–Trinajstić information content (AvgIpc) is 2.71. The van der Waals surface area contributed by atoms with E-state index in [0.717, 1.165) is 36.2 Å². The van der Waals surface area contributed by atoms with Gasteiger partial charge in [-0.3, -0.25) is 0 Å². The molecule has 0 saturated heterocycles. The second-order valence-electron chi connectivity index (χ2n) is 6.23. The fourth-order valence-corrected chi connectivity index (χ4v) is 3.35. The van der Waals surface area contributed by atoms with Gasteiger partial charge in [0.15, 0.2) is 5.89 Å². The van der Waals surface area contributed by atoms with Crippen LogP contribution in [0, 0.1) is 0 Å². The standard InChI is InChI=1S/C16H23NOSi/c1-5-9-15-17-16(13-10-7-6-8-11-13)14(18-15)12-19(2,3)4/h6-8,10-11H,5,9,12H2,1-4H3. The van der Waals surface area contributed by atoms with Gasteiger partial charge in [0.2, 0.25) is 0 Å². The minimum absolute atomic E-state index is 0.884. The van der Waals surface area contributed by atoms with Gasteiger partial charge in [-0.1, -0.05) is 56.9 Å². The van der Waals surface area contributed by atoms with Crippen LogP contribution < -0.4 is 0 Å². The minimum atomic E-state index is -1.21. The van der Waals surface area contributed by atoms with E-state index in [0.29, 0.717) is 0 Å². The van der Waals surface area contributed by atoms with Crippen molar-refractivity contribution in [3.8, 4) is 11.3 Å². The number of oxazole rings is 1. The number of aryl methyl sites for hydroxylation is 1. The first-order chi connectivity index (χ1) is 8.99. The summed E-state index contributed by atoms with van der Waals surface area (Å²) in [6, 6.07) is 11.4. The van der Waals surface area contributed by atoms with Crippen LogP contribution in [-0.4, -0.2) is 13.1 Å². The van der Waals surface area contributed by atoms with Crippen molar-refractivity contribution in [2.24, 2.45) is 0 Å². The van der Waals surface area contributed by atoms with Gasteiger partial charge in [-0.2, -0.15) is 0 Å². The predicted octanol–water partition coefficient (Wildman–Crippen LogP) is 4.71. The Morgan fingerprint density at radius 1 is 1.11 bits per heavy atom. The van der Waals surface area contributed by atoms with Crippen LogP contribution in [-0.2, 0) is 12.5 Å². The Balaban J connectivity index is 2.40. The summed E-state index contributed by atoms with van der Waals surface area (Å²) in [7, 11) is -1.21. The van der Waals surface area contributed by atoms with E-state index < -0.39 is 8.07 Å². The molecule has 3 heteroatoms. The van der Waals surface area contributed by atoms with Gasteiger partial charge in [-0.15, -0.1) is 0 Å². The molecule has 2 nitrogen and oxygen atoms in total. The van der Waals surface area contributed by atoms with Gasteiger partial charge < -0.3 is 4.42 Å². The zero-order valence-corrected chi connectivity index (χ0v) is 13.4. The summed E-state index contributed by atoms with van der Waals surface area (Å²) in [6.07, 6.45) is 1.99. The highest BCUT2D eigenvalue weighted by Crippen LogP contribution is 2.27. The van der Waals surface area contributed by atoms with Crippen LogP contribution in [0.2, 0.25) is 19.6 Å². The first-order valence-corrected chi connectivity index (χ1v) is 10.7. The summed E-state index contributed by atoms with van der Waals surface area (Å²) < 4.78 is 6.01. The summed E-state index contributed by atoms with van der Waals surface area (Å²) in [5, 5.41) is 0. The van der Waals surface area contributed by atoms with Crippen LogP contribution in [0.1, 0.15) is 25.0 Å². The second kappa shape index (κ2) is 5.74. The molecule has 0 aliphatic heterocycles. The molecule has 0 aliphatic carbocycles. The highest BCUT2D eigenvalue weighted by atomic mass is 28.3. The molecule has 0 saturated carbocycles. The maximum absolute atomic E-state index is 6.01. The molecule has 1 aromatic heterocycles. The molecule has 0 radical (unpaired) electrons. The van der Waals surface area contributed by atoms with E-state index in [9.17, 15) is 0 Å². The molecule has 1 heterocycles. The van der Waals surface area contributed by atoms with Crippen LogP contribution in [0.15, 0.2) is 34.7 Å². The van der Waals surface area contributed by atoms with Gasteiger partial charge in [0.1, 0.15) is 11.5 Å². The van der Waals surface area contributed by atoms with Crippen molar-refractivity contribution in [1.29, 1.82) is 0 Å². The normalized spacial score (nSPS) is 11.8. The van der Waals surface area contributed by atoms with E-state index in [1.165, 1.54) is 5.56 Å². The number of benzene rings is 1. The fraction of sp³-hybridized carbons (Fsp3) is 0.438. The van der Waals surface area contributed by atoms with Crippen LogP contribution in [0.4, 0.5) is 0 Å². The third kappa shape index (κ3) is 3.80. The van der Waals surface area contributed by atoms with Crippen LogP contribution in [0.5, 0.6) is 0 Å². The first kappa shape index (κ1) is 14.1. The van der Waals surface area contributed by atoms with E-state index >= 15 is 0 Å². The number of aromatic nitrogens is 1. The molecule has 2 aromatic rings. The Hall–Kier alpha value is -1.35. The molecule has 0 aliphatic rings. The number of hydrogen-bond acceptors (Lipinski definition) is 2. The molecule has 102 valence electrons. The molecule has 0 bridgehead atoms. The minimum Gasteiger partial charge on any atom is -0.445 e. The maximum atomic E-state index is 6.01. The molecular weight excluding hydrogens is 250 g/mol. The first-order valence-electron chi connectivity index (χ1n) is 7.03. The lowest BCUT2D eigenvalue weighted by molar-refractivity contribution is 0.464. The zero-order chi connectivity index (χ0) is 13.9. The smallest absolute Gasteiger partial charge is 0.194 e. The van der Waals surface area contributed by atoms with Crippen molar-refractivity contribution < 1.29 is 4.42 Å². The van der Waals surface area contributed by atoms with Crippen molar-refractivity contribution in [2.75, 3.05) is 0 Å². The number of nitrogens with zero attached hydrogens (tertiary/aromatic N) is 1. The monoisotopic (exact) mass is 273 g/mol. The topological polar surface area (TPSA) is 26.0 Å². The van der Waals surface area contributed by atoms with Crippen molar-refractivity contribution in [2.45, 2.75) is 45.5 Å². The maximum Gasteiger partial charge on any atom is 0.194 e. The Morgan fingerprint density at radius 2 is 1.79 bits per heavy atom. The molecule has 0 amide bonds. The Labute approximate surface area is 116 Å². The fourth-order valence-electron chi connectivity index (χ4n) is 2.14. The quantitative estimate of drug-likeness (QED) is 0.737. The third-order valence-corrected chi connectivity index (χ3v) is 4.33. The number of rotatable bonds is 5. The molecule has 1 aromatic carbocycles. The summed E-state index contributed by atoms with van der Waals surface area (Å²) in [6.45, 7) is 9.25. The van der Waals surface area contributed by atoms with Gasteiger partial charge in [-0.25, -0.2) is 4.98 Å². The van der Waals surface area contributed by atoms with Crippen LogP contribution in [0.25, 0.3) is 11.3 Å². The largest absolute Gasteiger partial charge is 0.445 e. The van der Waals surface area contributed by atoms with E-state index in [1.54, 1.807) is 0 Å². The van der Waals surface area contributed by atoms with Crippen LogP contribution >= 0.6 is 0 Å². The van der Waals surface area contributed by atoms with Gasteiger partial charge in [-0.05, 0) is 6.42 Å². The molecular formula is C16H23NOSi. The molecule has 0 N–H and O–H groups in total. The number of hydrogen-bond donors (Lipinski definition) is 0. The van der Waals surface area contributed by atoms with E-state index in [-0.39, 0.29) is 0 Å². The van der Waals surface area contributed by atoms with E-state index in [4.69, 9.17) is 9.40 Å². The van der Waals surface area contributed by atoms with Crippen molar-refractivity contribution in [1.82, 2.24) is 4.98 Å². The Bertz CT molecular complexity index is 525. The van der Waals surface area contributed by atoms with Crippen molar-refractivity contribution in [3.05, 3.63) is 42.0 Å². The molecule has 19 heavy (non-hydrogen) atoms. The van der Waals surface area contributed by atoms with Gasteiger partial charge in [0, 0.05) is 18.0 Å². The Morgan fingerprint density at radius 3 is 2.37 bits per heavy atom. The van der Waals surface area contributed by atoms with E-state index in [2.05, 4.69) is 50.8 Å². The molecule has 0 atom stereocenters. The molecule has 2 rings (SSSR count). The summed E-state index contributed by atoms with van der Waals surface area (Å²) in [5.74, 6) is 1.96. The lowest BCUT2D eigenvalue weighted by Crippen LogP contribution is -2.23. The second-order valence-corrected chi connectivity index (χ2v) is 11.7. The highest BCUT2D eigenvalue weighted by Gasteiger charge is 2.22. The van der Waals surface area contributed by atoms with Gasteiger partial charge in [0.25, 0.3) is 0 Å². The summed E-state index contributed by atoms with van der Waals surface area (Å²) >= 11 is 0. The van der Waals surface area contributed by atoms with Gasteiger partial charge in [0.05, 0.1) is 8.07 Å².